The zero-order chi connectivity index (χ0) is 30.3. The second kappa shape index (κ2) is 13.6. The minimum absolute atomic E-state index is 0.247. The second-order valence-electron chi connectivity index (χ2n) is 9.36. The van der Waals surface area contributed by atoms with Gasteiger partial charge in [0.25, 0.3) is 11.8 Å². The molecule has 0 radical (unpaired) electrons. The van der Waals surface area contributed by atoms with Crippen LogP contribution in [0.4, 0.5) is 15.9 Å². The van der Waals surface area contributed by atoms with Crippen LogP contribution in [0.15, 0.2) is 60.9 Å². The molecule has 5 N–H and O–H groups in total. The maximum atomic E-state index is 12.0. The Balaban J connectivity index is 0.000000586. The van der Waals surface area contributed by atoms with Crippen molar-refractivity contribution in [3.8, 4) is 28.1 Å². The van der Waals surface area contributed by atoms with Crippen LogP contribution in [0.2, 0.25) is 0 Å². The Kier molecular flexibility index (Phi) is 10.2. The van der Waals surface area contributed by atoms with Crippen molar-refractivity contribution < 1.29 is 18.7 Å². The molecule has 41 heavy (non-hydrogen) atoms. The van der Waals surface area contributed by atoms with Crippen LogP contribution in [0.25, 0.3) is 33.4 Å². The van der Waals surface area contributed by atoms with E-state index < -0.39 is 12.1 Å². The molecule has 0 atom stereocenters. The third-order valence-electron chi connectivity index (χ3n) is 6.59. The molecule has 9 nitrogen and oxygen atoms in total. The van der Waals surface area contributed by atoms with E-state index in [-0.39, 0.29) is 11.5 Å². The maximum Gasteiger partial charge on any atom is 0.252 e. The number of nitrogens with zero attached hydrogens (tertiary/aromatic N) is 3. The van der Waals surface area contributed by atoms with Crippen molar-refractivity contribution in [1.82, 2.24) is 14.5 Å². The number of nitrogens with one attached hydrogen (secondary N) is 1. The van der Waals surface area contributed by atoms with Crippen LogP contribution in [-0.2, 0) is 11.8 Å². The van der Waals surface area contributed by atoms with Crippen LogP contribution in [0.5, 0.6) is 5.75 Å². The van der Waals surface area contributed by atoms with Gasteiger partial charge >= 0.3 is 0 Å². The zero-order valence-corrected chi connectivity index (χ0v) is 24.1. The smallest absolute Gasteiger partial charge is 0.252 e. The Hall–Kier alpha value is -4.73. The number of carbonyl (C=O) groups excluding carboxylic acids is 2. The van der Waals surface area contributed by atoms with Gasteiger partial charge in [-0.15, -0.1) is 0 Å². The molecule has 0 bridgehead atoms. The number of nitrogen functional groups attached to an aromatic ring is 1. The molecule has 0 aliphatic heterocycles. The van der Waals surface area contributed by atoms with Crippen LogP contribution in [-0.4, -0.2) is 39.6 Å². The highest BCUT2D eigenvalue weighted by molar-refractivity contribution is 6.08. The number of hydrogen-bond acceptors (Lipinski definition) is 6. The Morgan fingerprint density at radius 1 is 1.10 bits per heavy atom. The third-order valence-corrected chi connectivity index (χ3v) is 6.59. The normalized spacial score (nSPS) is 12.2. The van der Waals surface area contributed by atoms with Gasteiger partial charge in [-0.3, -0.25) is 9.59 Å². The molecular formula is C31H37FN6O3. The van der Waals surface area contributed by atoms with E-state index in [9.17, 15) is 14.0 Å². The number of primary amides is 1. The topological polar surface area (TPSA) is 138 Å². The molecule has 0 saturated heterocycles. The molecular weight excluding hydrogens is 523 g/mol. The molecule has 1 fully saturated rings. The fourth-order valence-electron chi connectivity index (χ4n) is 4.25. The van der Waals surface area contributed by atoms with Crippen molar-refractivity contribution in [1.29, 1.82) is 0 Å². The van der Waals surface area contributed by atoms with Gasteiger partial charge < -0.3 is 26.1 Å². The van der Waals surface area contributed by atoms with E-state index in [0.717, 1.165) is 41.6 Å². The van der Waals surface area contributed by atoms with E-state index >= 15 is 0 Å². The molecule has 2 aromatic carbocycles. The quantitative estimate of drug-likeness (QED) is 0.246. The van der Waals surface area contributed by atoms with Crippen molar-refractivity contribution in [3.05, 3.63) is 66.5 Å². The Bertz CT molecular complexity index is 1560. The number of ether oxygens (including phenoxy) is 1. The van der Waals surface area contributed by atoms with E-state index in [1.54, 1.807) is 25.1 Å². The highest BCUT2D eigenvalue weighted by Crippen LogP contribution is 2.43. The Labute approximate surface area is 239 Å². The second-order valence-corrected chi connectivity index (χ2v) is 9.36. The first-order valence-corrected chi connectivity index (χ1v) is 13.4. The van der Waals surface area contributed by atoms with Gasteiger partial charge in [0.15, 0.2) is 0 Å². The summed E-state index contributed by atoms with van der Waals surface area (Å²) < 4.78 is 18.9. The van der Waals surface area contributed by atoms with Gasteiger partial charge in [0.1, 0.15) is 29.7 Å². The number of anilines is 2. The first-order valence-electron chi connectivity index (χ1n) is 13.4. The third kappa shape index (κ3) is 6.71. The Morgan fingerprint density at radius 2 is 1.71 bits per heavy atom. The van der Waals surface area contributed by atoms with Crippen molar-refractivity contribution >= 4 is 34.4 Å². The summed E-state index contributed by atoms with van der Waals surface area (Å²) in [4.78, 5) is 32.4. The number of carbonyl (C=O) groups is 2. The first kappa shape index (κ1) is 30.8. The molecule has 10 heteroatoms. The van der Waals surface area contributed by atoms with Gasteiger partial charge in [0.2, 0.25) is 0 Å². The van der Waals surface area contributed by atoms with Crippen LogP contribution in [0, 0.1) is 0 Å². The van der Waals surface area contributed by atoms with Gasteiger partial charge in [-0.25, -0.2) is 14.4 Å². The maximum absolute atomic E-state index is 12.0. The minimum Gasteiger partial charge on any atom is -0.496 e. The number of aromatic nitrogens is 3. The molecule has 1 aliphatic rings. The summed E-state index contributed by atoms with van der Waals surface area (Å²) in [5.74, 6) is -0.161. The molecule has 216 valence electrons. The number of hydrogen-bond donors (Lipinski definition) is 3. The van der Waals surface area contributed by atoms with E-state index in [4.69, 9.17) is 16.2 Å². The van der Waals surface area contributed by atoms with Crippen molar-refractivity contribution in [2.45, 2.75) is 46.2 Å². The number of alkyl halides is 1. The highest BCUT2D eigenvalue weighted by atomic mass is 19.1. The fourth-order valence-corrected chi connectivity index (χ4v) is 4.25. The average molecular weight is 561 g/mol. The first-order chi connectivity index (χ1) is 19.6. The predicted octanol–water partition coefficient (Wildman–Crippen LogP) is 6.04. The lowest BCUT2D eigenvalue weighted by Gasteiger charge is -2.14. The lowest BCUT2D eigenvalue weighted by atomic mass is 9.97. The van der Waals surface area contributed by atoms with E-state index in [2.05, 4.69) is 21.9 Å². The van der Waals surface area contributed by atoms with Crippen molar-refractivity contribution in [3.63, 3.8) is 0 Å². The number of nitrogens with two attached hydrogens (primary N) is 2. The molecule has 0 spiro atoms. The summed E-state index contributed by atoms with van der Waals surface area (Å²) in [5.41, 5.74) is 17.0. The molecule has 2 aromatic heterocycles. The summed E-state index contributed by atoms with van der Waals surface area (Å²) >= 11 is 0. The minimum atomic E-state index is -0.586. The number of rotatable bonds is 6. The van der Waals surface area contributed by atoms with Crippen molar-refractivity contribution in [2.75, 3.05) is 18.2 Å². The number of amides is 2. The number of halogens is 1. The van der Waals surface area contributed by atoms with Crippen molar-refractivity contribution in [2.24, 2.45) is 12.8 Å². The predicted molar refractivity (Wildman–Crippen MR) is 162 cm³/mol. The molecule has 4 aromatic rings. The summed E-state index contributed by atoms with van der Waals surface area (Å²) in [6, 6.07) is 12.6. The molecule has 2 heterocycles. The van der Waals surface area contributed by atoms with Gasteiger partial charge in [-0.1, -0.05) is 38.6 Å². The van der Waals surface area contributed by atoms with Gasteiger partial charge in [0.05, 0.1) is 23.8 Å². The van der Waals surface area contributed by atoms with E-state index in [0.29, 0.717) is 33.9 Å². The average Bonchev–Trinajstić information content (AvgIpc) is 3.26. The van der Waals surface area contributed by atoms with Gasteiger partial charge in [0, 0.05) is 23.9 Å². The van der Waals surface area contributed by atoms with E-state index in [1.807, 2.05) is 49.7 Å². The molecule has 0 unspecified atom stereocenters. The number of aryl methyl sites for hydroxylation is 1. The monoisotopic (exact) mass is 560 g/mol. The Morgan fingerprint density at radius 3 is 2.22 bits per heavy atom. The number of methoxy groups -OCH3 is 1. The lowest BCUT2D eigenvalue weighted by molar-refractivity contribution is -0.112. The van der Waals surface area contributed by atoms with Crippen LogP contribution < -0.4 is 21.5 Å². The summed E-state index contributed by atoms with van der Waals surface area (Å²) in [5, 5.41) is 3.48. The fraction of sp³-hybridized carbons (Fsp3) is 0.290. The van der Waals surface area contributed by atoms with E-state index in [1.165, 1.54) is 13.4 Å². The molecule has 2 amide bonds. The SMILES string of the molecule is C=C(C)C(=O)Nc1ccc(-c2c(-c3ccc(C(N)=O)c(OC)c3)c3c(N)ncnc3n2C)cc1.CC.FC1CCC1. The zero-order valence-electron chi connectivity index (χ0n) is 24.1. The molecule has 1 saturated carbocycles. The summed E-state index contributed by atoms with van der Waals surface area (Å²) in [6.45, 7) is 9.31. The highest BCUT2D eigenvalue weighted by Gasteiger charge is 2.23. The van der Waals surface area contributed by atoms with Crippen LogP contribution in [0.1, 0.15) is 50.4 Å². The lowest BCUT2D eigenvalue weighted by Crippen LogP contribution is -2.12. The number of fused-ring (bicyclic) bond motifs is 1. The molecule has 1 aliphatic carbocycles. The van der Waals surface area contributed by atoms with Gasteiger partial charge in [-0.2, -0.15) is 0 Å². The summed E-state index contributed by atoms with van der Waals surface area (Å²) in [7, 11) is 3.37. The summed E-state index contributed by atoms with van der Waals surface area (Å²) in [6.07, 6.45) is 3.73. The number of benzene rings is 2. The standard InChI is InChI=1S/C25H24N6O3.C4H7F.C2H6/c1-13(2)25(33)30-16-8-5-14(6-9-16)21-19(20-22(26)28-12-29-24(20)31(21)3)15-7-10-17(23(27)32)18(11-15)34-4;5-4-2-1-3-4;1-2/h5-12H,1H2,2-4H3,(H2,27,32)(H,30,33)(H2,26,28,29);4H,1-3H2;1-2H3. The van der Waals surface area contributed by atoms with Gasteiger partial charge in [-0.05, 0) is 61.6 Å². The molecule has 5 rings (SSSR count). The van der Waals surface area contributed by atoms with Crippen LogP contribution >= 0.6 is 0 Å². The van der Waals surface area contributed by atoms with Crippen LogP contribution in [0.3, 0.4) is 0 Å². The largest absolute Gasteiger partial charge is 0.496 e.